The van der Waals surface area contributed by atoms with E-state index in [-0.39, 0.29) is 0 Å². The van der Waals surface area contributed by atoms with Gasteiger partial charge < -0.3 is 5.11 Å². The van der Waals surface area contributed by atoms with Crippen LogP contribution in [-0.4, -0.2) is 20.5 Å². The van der Waals surface area contributed by atoms with E-state index in [1.54, 1.807) is 10.9 Å². The summed E-state index contributed by atoms with van der Waals surface area (Å²) in [6.07, 6.45) is 6.62. The van der Waals surface area contributed by atoms with E-state index < -0.39 is 5.60 Å². The van der Waals surface area contributed by atoms with Crippen molar-refractivity contribution >= 4 is 0 Å². The first kappa shape index (κ1) is 6.85. The van der Waals surface area contributed by atoms with Crippen LogP contribution in [0, 0.1) is 0 Å². The molecule has 11 heavy (non-hydrogen) atoms. The highest BCUT2D eigenvalue weighted by Gasteiger charge is 2.34. The first-order chi connectivity index (χ1) is 5.29. The Hall–Kier alpha value is -0.830. The van der Waals surface area contributed by atoms with Crippen molar-refractivity contribution in [2.24, 2.45) is 0 Å². The molecule has 0 atom stereocenters. The van der Waals surface area contributed by atoms with Crippen LogP contribution in [-0.2, 0) is 6.54 Å². The van der Waals surface area contributed by atoms with E-state index in [0.717, 1.165) is 19.3 Å². The van der Waals surface area contributed by atoms with E-state index >= 15 is 0 Å². The van der Waals surface area contributed by atoms with Crippen molar-refractivity contribution < 1.29 is 5.11 Å². The summed E-state index contributed by atoms with van der Waals surface area (Å²) < 4.78 is 1.79. The van der Waals surface area contributed by atoms with Crippen LogP contribution in [0.15, 0.2) is 18.5 Å². The second-order valence-electron chi connectivity index (χ2n) is 3.28. The normalized spacial score (nSPS) is 21.2. The second-order valence-corrected chi connectivity index (χ2v) is 3.28. The molecule has 1 fully saturated rings. The Morgan fingerprint density at radius 2 is 2.36 bits per heavy atom. The molecule has 1 aliphatic rings. The molecule has 3 nitrogen and oxygen atoms in total. The number of rotatable bonds is 2. The summed E-state index contributed by atoms with van der Waals surface area (Å²) in [6.45, 7) is 0.653. The fraction of sp³-hybridized carbons (Fsp3) is 0.625. The lowest BCUT2D eigenvalue weighted by atomic mass is 9.80. The Kier molecular flexibility index (Phi) is 1.46. The fourth-order valence-electron chi connectivity index (χ4n) is 1.44. The molecule has 0 amide bonds. The van der Waals surface area contributed by atoms with Gasteiger partial charge in [0.1, 0.15) is 0 Å². The van der Waals surface area contributed by atoms with Gasteiger partial charge in [0.15, 0.2) is 0 Å². The van der Waals surface area contributed by atoms with Gasteiger partial charge in [-0.25, -0.2) is 0 Å². The van der Waals surface area contributed by atoms with E-state index in [4.69, 9.17) is 0 Å². The molecule has 0 saturated heterocycles. The first-order valence-corrected chi connectivity index (χ1v) is 3.98. The monoisotopic (exact) mass is 152 g/mol. The van der Waals surface area contributed by atoms with Crippen molar-refractivity contribution in [3.8, 4) is 0 Å². The van der Waals surface area contributed by atoms with E-state index in [1.165, 1.54) is 0 Å². The van der Waals surface area contributed by atoms with Crippen molar-refractivity contribution in [3.63, 3.8) is 0 Å². The third-order valence-electron chi connectivity index (χ3n) is 2.30. The minimum Gasteiger partial charge on any atom is -0.388 e. The minimum atomic E-state index is -0.452. The summed E-state index contributed by atoms with van der Waals surface area (Å²) in [4.78, 5) is 0. The van der Waals surface area contributed by atoms with Gasteiger partial charge in [-0.3, -0.25) is 4.68 Å². The zero-order valence-corrected chi connectivity index (χ0v) is 6.40. The van der Waals surface area contributed by atoms with Gasteiger partial charge in [0.25, 0.3) is 0 Å². The molecule has 2 rings (SSSR count). The van der Waals surface area contributed by atoms with Crippen LogP contribution >= 0.6 is 0 Å². The number of aromatic nitrogens is 2. The maximum Gasteiger partial charge on any atom is 0.0842 e. The summed E-state index contributed by atoms with van der Waals surface area (Å²) in [5, 5.41) is 13.8. The van der Waals surface area contributed by atoms with Gasteiger partial charge in [-0.2, -0.15) is 5.10 Å². The summed E-state index contributed by atoms with van der Waals surface area (Å²) in [6, 6.07) is 1.88. The van der Waals surface area contributed by atoms with Crippen molar-refractivity contribution in [1.29, 1.82) is 0 Å². The number of nitrogens with zero attached hydrogens (tertiary/aromatic N) is 2. The highest BCUT2D eigenvalue weighted by molar-refractivity contribution is 4.89. The Balaban J connectivity index is 2.00. The second kappa shape index (κ2) is 2.34. The van der Waals surface area contributed by atoms with Crippen LogP contribution in [0.5, 0.6) is 0 Å². The Labute approximate surface area is 65.7 Å². The van der Waals surface area contributed by atoms with E-state index in [1.807, 2.05) is 12.3 Å². The molecule has 3 heteroatoms. The zero-order chi connectivity index (χ0) is 7.73. The van der Waals surface area contributed by atoms with Crippen LogP contribution in [0.25, 0.3) is 0 Å². The highest BCUT2D eigenvalue weighted by atomic mass is 16.3. The van der Waals surface area contributed by atoms with Crippen LogP contribution in [0.4, 0.5) is 0 Å². The fourth-order valence-corrected chi connectivity index (χ4v) is 1.44. The van der Waals surface area contributed by atoms with Gasteiger partial charge in [0.05, 0.1) is 12.1 Å². The summed E-state index contributed by atoms with van der Waals surface area (Å²) in [5.41, 5.74) is -0.452. The number of hydrogen-bond acceptors (Lipinski definition) is 2. The van der Waals surface area contributed by atoms with Crippen LogP contribution in [0.2, 0.25) is 0 Å². The van der Waals surface area contributed by atoms with Crippen LogP contribution in [0.1, 0.15) is 19.3 Å². The lowest BCUT2D eigenvalue weighted by Crippen LogP contribution is -2.41. The smallest absolute Gasteiger partial charge is 0.0842 e. The van der Waals surface area contributed by atoms with Crippen molar-refractivity contribution in [2.45, 2.75) is 31.4 Å². The molecular weight excluding hydrogens is 140 g/mol. The van der Waals surface area contributed by atoms with Crippen LogP contribution < -0.4 is 0 Å². The summed E-state index contributed by atoms with van der Waals surface area (Å²) >= 11 is 0. The summed E-state index contributed by atoms with van der Waals surface area (Å²) in [7, 11) is 0. The topological polar surface area (TPSA) is 38.0 Å². The molecule has 1 N–H and O–H groups in total. The van der Waals surface area contributed by atoms with Gasteiger partial charge >= 0.3 is 0 Å². The molecule has 0 bridgehead atoms. The molecule has 0 aliphatic heterocycles. The molecule has 0 spiro atoms. The number of aliphatic hydroxyl groups is 1. The zero-order valence-electron chi connectivity index (χ0n) is 6.40. The standard InChI is InChI=1S/C8H12N2O/c11-8(3-1-4-8)7-10-6-2-5-9-10/h2,5-6,11H,1,3-4,7H2. The molecule has 0 aromatic carbocycles. The molecule has 1 saturated carbocycles. The minimum absolute atomic E-state index is 0.452. The molecule has 1 heterocycles. The first-order valence-electron chi connectivity index (χ1n) is 3.98. The lowest BCUT2D eigenvalue weighted by Gasteiger charge is -2.36. The Morgan fingerprint density at radius 1 is 1.55 bits per heavy atom. The van der Waals surface area contributed by atoms with E-state index in [9.17, 15) is 5.11 Å². The molecular formula is C8H12N2O. The average molecular weight is 152 g/mol. The SMILES string of the molecule is OC1(Cn2cccn2)CCC1. The largest absolute Gasteiger partial charge is 0.388 e. The quantitative estimate of drug-likeness (QED) is 0.680. The van der Waals surface area contributed by atoms with E-state index in [0.29, 0.717) is 6.54 Å². The Bertz CT molecular complexity index is 226. The maximum atomic E-state index is 9.72. The van der Waals surface area contributed by atoms with Gasteiger partial charge in [0, 0.05) is 12.4 Å². The van der Waals surface area contributed by atoms with Gasteiger partial charge in [-0.05, 0) is 25.3 Å². The summed E-state index contributed by atoms with van der Waals surface area (Å²) in [5.74, 6) is 0. The van der Waals surface area contributed by atoms with Crippen molar-refractivity contribution in [2.75, 3.05) is 0 Å². The Morgan fingerprint density at radius 3 is 2.82 bits per heavy atom. The molecule has 1 aromatic heterocycles. The highest BCUT2D eigenvalue weighted by Crippen LogP contribution is 2.32. The third kappa shape index (κ3) is 1.28. The molecule has 60 valence electrons. The van der Waals surface area contributed by atoms with Crippen molar-refractivity contribution in [3.05, 3.63) is 18.5 Å². The van der Waals surface area contributed by atoms with E-state index in [2.05, 4.69) is 5.10 Å². The molecule has 1 aliphatic carbocycles. The van der Waals surface area contributed by atoms with Gasteiger partial charge in [-0.1, -0.05) is 0 Å². The lowest BCUT2D eigenvalue weighted by molar-refractivity contribution is -0.0498. The average Bonchev–Trinajstić information content (AvgIpc) is 2.36. The van der Waals surface area contributed by atoms with Gasteiger partial charge in [0.2, 0.25) is 0 Å². The third-order valence-corrected chi connectivity index (χ3v) is 2.30. The van der Waals surface area contributed by atoms with Crippen molar-refractivity contribution in [1.82, 2.24) is 9.78 Å². The molecule has 0 unspecified atom stereocenters. The number of hydrogen-bond donors (Lipinski definition) is 1. The van der Waals surface area contributed by atoms with Gasteiger partial charge in [-0.15, -0.1) is 0 Å². The van der Waals surface area contributed by atoms with Crippen LogP contribution in [0.3, 0.4) is 0 Å². The predicted molar refractivity (Wildman–Crippen MR) is 41.0 cm³/mol. The molecule has 1 aromatic rings. The predicted octanol–water partition coefficient (Wildman–Crippen LogP) is 0.798. The molecule has 0 radical (unpaired) electrons. The maximum absolute atomic E-state index is 9.72.